The van der Waals surface area contributed by atoms with E-state index in [0.29, 0.717) is 12.0 Å². The molecule has 0 amide bonds. The van der Waals surface area contributed by atoms with Crippen molar-refractivity contribution in [2.75, 3.05) is 20.3 Å². The van der Waals surface area contributed by atoms with E-state index in [1.165, 1.54) is 36.9 Å². The van der Waals surface area contributed by atoms with Crippen molar-refractivity contribution in [3.05, 3.63) is 29.6 Å². The molecule has 1 aromatic rings. The molecule has 98 valence electrons. The number of likely N-dealkylation sites (N-methyl/N-ethyl adjacent to an activating group) is 1. The maximum absolute atomic E-state index is 5.49. The van der Waals surface area contributed by atoms with Gasteiger partial charge in [0.25, 0.3) is 0 Å². The standard InChI is InChI=1S/C15H22N2O/c1-16-14(9-11-6-8-18-10-11)13-5-4-12-3-2-7-17-15(12)13/h2-3,7,11,13-14,16H,4-6,8-10H2,1H3. The lowest BCUT2D eigenvalue weighted by atomic mass is 9.88. The van der Waals surface area contributed by atoms with Gasteiger partial charge in [0.05, 0.1) is 0 Å². The Labute approximate surface area is 109 Å². The molecule has 1 aliphatic heterocycles. The highest BCUT2D eigenvalue weighted by Gasteiger charge is 2.32. The Hall–Kier alpha value is -0.930. The van der Waals surface area contributed by atoms with Gasteiger partial charge in [-0.2, -0.15) is 0 Å². The van der Waals surface area contributed by atoms with Gasteiger partial charge in [-0.25, -0.2) is 0 Å². The zero-order chi connectivity index (χ0) is 12.4. The van der Waals surface area contributed by atoms with Crippen molar-refractivity contribution >= 4 is 0 Å². The van der Waals surface area contributed by atoms with E-state index in [1.54, 1.807) is 0 Å². The number of nitrogens with zero attached hydrogens (tertiary/aromatic N) is 1. The van der Waals surface area contributed by atoms with Gasteiger partial charge in [0.2, 0.25) is 0 Å². The monoisotopic (exact) mass is 246 g/mol. The summed E-state index contributed by atoms with van der Waals surface area (Å²) in [7, 11) is 2.08. The highest BCUT2D eigenvalue weighted by molar-refractivity contribution is 5.30. The molecule has 1 fully saturated rings. The van der Waals surface area contributed by atoms with Gasteiger partial charge in [-0.05, 0) is 50.3 Å². The molecule has 3 atom stereocenters. The molecule has 18 heavy (non-hydrogen) atoms. The number of nitrogens with one attached hydrogen (secondary N) is 1. The van der Waals surface area contributed by atoms with Crippen molar-refractivity contribution in [3.8, 4) is 0 Å². The normalized spacial score (nSPS) is 28.3. The number of hydrogen-bond donors (Lipinski definition) is 1. The van der Waals surface area contributed by atoms with Crippen LogP contribution < -0.4 is 5.32 Å². The molecular weight excluding hydrogens is 224 g/mol. The molecule has 1 N–H and O–H groups in total. The van der Waals surface area contributed by atoms with E-state index in [4.69, 9.17) is 4.74 Å². The largest absolute Gasteiger partial charge is 0.381 e. The number of aryl methyl sites for hydroxylation is 1. The zero-order valence-electron chi connectivity index (χ0n) is 11.1. The molecule has 0 bridgehead atoms. The SMILES string of the molecule is CNC(CC1CCOC1)C1CCc2cccnc21. The Kier molecular flexibility index (Phi) is 3.62. The van der Waals surface area contributed by atoms with Crippen LogP contribution in [0.2, 0.25) is 0 Å². The van der Waals surface area contributed by atoms with Crippen molar-refractivity contribution < 1.29 is 4.74 Å². The van der Waals surface area contributed by atoms with Crippen molar-refractivity contribution in [1.82, 2.24) is 10.3 Å². The molecule has 1 aromatic heterocycles. The summed E-state index contributed by atoms with van der Waals surface area (Å²) in [6.45, 7) is 1.89. The molecule has 1 saturated heterocycles. The molecule has 1 aliphatic carbocycles. The lowest BCUT2D eigenvalue weighted by Crippen LogP contribution is -2.33. The van der Waals surface area contributed by atoms with Crippen LogP contribution in [0.4, 0.5) is 0 Å². The quantitative estimate of drug-likeness (QED) is 0.883. The maximum Gasteiger partial charge on any atom is 0.0495 e. The molecule has 3 nitrogen and oxygen atoms in total. The second-order valence-electron chi connectivity index (χ2n) is 5.55. The van der Waals surface area contributed by atoms with E-state index in [1.807, 2.05) is 6.20 Å². The van der Waals surface area contributed by atoms with E-state index < -0.39 is 0 Å². The molecule has 3 unspecified atom stereocenters. The molecule has 0 radical (unpaired) electrons. The highest BCUT2D eigenvalue weighted by Crippen LogP contribution is 2.36. The van der Waals surface area contributed by atoms with E-state index >= 15 is 0 Å². The fourth-order valence-corrected chi connectivity index (χ4v) is 3.45. The third-order valence-electron chi connectivity index (χ3n) is 4.47. The van der Waals surface area contributed by atoms with Crippen molar-refractivity contribution in [2.24, 2.45) is 5.92 Å². The fraction of sp³-hybridized carbons (Fsp3) is 0.667. The summed E-state index contributed by atoms with van der Waals surface area (Å²) in [5.74, 6) is 1.32. The molecule has 2 heterocycles. The summed E-state index contributed by atoms with van der Waals surface area (Å²) in [5, 5.41) is 3.52. The number of aromatic nitrogens is 1. The molecule has 0 spiro atoms. The van der Waals surface area contributed by atoms with Crippen molar-refractivity contribution in [1.29, 1.82) is 0 Å². The Morgan fingerprint density at radius 1 is 1.50 bits per heavy atom. The van der Waals surface area contributed by atoms with Crippen LogP contribution in [0.1, 0.15) is 36.4 Å². The predicted molar refractivity (Wildman–Crippen MR) is 71.7 cm³/mol. The first-order valence-corrected chi connectivity index (χ1v) is 7.07. The van der Waals surface area contributed by atoms with Gasteiger partial charge in [0, 0.05) is 37.1 Å². The third-order valence-corrected chi connectivity index (χ3v) is 4.47. The van der Waals surface area contributed by atoms with Gasteiger partial charge in [0.15, 0.2) is 0 Å². The minimum absolute atomic E-state index is 0.549. The first kappa shape index (κ1) is 12.1. The molecule has 2 aliphatic rings. The first-order chi connectivity index (χ1) is 8.88. The van der Waals surface area contributed by atoms with Crippen LogP contribution in [0.5, 0.6) is 0 Å². The average Bonchev–Trinajstić information content (AvgIpc) is 3.05. The third kappa shape index (κ3) is 2.29. The first-order valence-electron chi connectivity index (χ1n) is 7.07. The Morgan fingerprint density at radius 3 is 3.22 bits per heavy atom. The summed E-state index contributed by atoms with van der Waals surface area (Å²) in [4.78, 5) is 4.61. The van der Waals surface area contributed by atoms with Crippen LogP contribution >= 0.6 is 0 Å². The molecule has 3 rings (SSSR count). The Bertz CT molecular complexity index is 401. The molecule has 0 aromatic carbocycles. The maximum atomic E-state index is 5.49. The minimum Gasteiger partial charge on any atom is -0.381 e. The summed E-state index contributed by atoms with van der Waals surface area (Å²) in [6.07, 6.45) is 6.80. The van der Waals surface area contributed by atoms with Crippen LogP contribution in [0, 0.1) is 5.92 Å². The van der Waals surface area contributed by atoms with Crippen molar-refractivity contribution in [2.45, 2.75) is 37.6 Å². The lowest BCUT2D eigenvalue weighted by Gasteiger charge is -2.25. The Balaban J connectivity index is 1.72. The van der Waals surface area contributed by atoms with E-state index in [9.17, 15) is 0 Å². The summed E-state index contributed by atoms with van der Waals surface area (Å²) >= 11 is 0. The zero-order valence-corrected chi connectivity index (χ0v) is 11.1. The smallest absolute Gasteiger partial charge is 0.0495 e. The van der Waals surface area contributed by atoms with E-state index in [-0.39, 0.29) is 0 Å². The summed E-state index contributed by atoms with van der Waals surface area (Å²) < 4.78 is 5.49. The number of pyridine rings is 1. The topological polar surface area (TPSA) is 34.1 Å². The van der Waals surface area contributed by atoms with Crippen LogP contribution in [0.15, 0.2) is 18.3 Å². The second kappa shape index (κ2) is 5.37. The van der Waals surface area contributed by atoms with Crippen LogP contribution in [-0.4, -0.2) is 31.3 Å². The fourth-order valence-electron chi connectivity index (χ4n) is 3.45. The molecule has 0 saturated carbocycles. The van der Waals surface area contributed by atoms with Crippen LogP contribution in [0.25, 0.3) is 0 Å². The van der Waals surface area contributed by atoms with Crippen LogP contribution in [-0.2, 0) is 11.2 Å². The Morgan fingerprint density at radius 2 is 2.44 bits per heavy atom. The van der Waals surface area contributed by atoms with Gasteiger partial charge in [-0.3, -0.25) is 4.98 Å². The highest BCUT2D eigenvalue weighted by atomic mass is 16.5. The number of fused-ring (bicyclic) bond motifs is 1. The van der Waals surface area contributed by atoms with Gasteiger partial charge in [-0.15, -0.1) is 0 Å². The lowest BCUT2D eigenvalue weighted by molar-refractivity contribution is 0.180. The number of rotatable bonds is 4. The van der Waals surface area contributed by atoms with Gasteiger partial charge in [-0.1, -0.05) is 6.07 Å². The summed E-state index contributed by atoms with van der Waals surface area (Å²) in [6, 6.07) is 4.83. The average molecular weight is 246 g/mol. The van der Waals surface area contributed by atoms with Crippen molar-refractivity contribution in [3.63, 3.8) is 0 Å². The predicted octanol–water partition coefficient (Wildman–Crippen LogP) is 2.13. The molecular formula is C15H22N2O. The minimum atomic E-state index is 0.549. The van der Waals surface area contributed by atoms with E-state index in [0.717, 1.165) is 19.1 Å². The number of hydrogen-bond acceptors (Lipinski definition) is 3. The van der Waals surface area contributed by atoms with E-state index in [2.05, 4.69) is 29.5 Å². The van der Waals surface area contributed by atoms with Gasteiger partial charge < -0.3 is 10.1 Å². The van der Waals surface area contributed by atoms with Gasteiger partial charge >= 0.3 is 0 Å². The second-order valence-corrected chi connectivity index (χ2v) is 5.55. The molecule has 3 heteroatoms. The summed E-state index contributed by atoms with van der Waals surface area (Å²) in [5.41, 5.74) is 2.78. The van der Waals surface area contributed by atoms with Crippen LogP contribution in [0.3, 0.4) is 0 Å². The van der Waals surface area contributed by atoms with Gasteiger partial charge in [0.1, 0.15) is 0 Å². The number of ether oxygens (including phenoxy) is 1.